The summed E-state index contributed by atoms with van der Waals surface area (Å²) >= 11 is 0. The number of hydrogen-bond donors (Lipinski definition) is 0. The van der Waals surface area contributed by atoms with Crippen LogP contribution in [0.3, 0.4) is 0 Å². The van der Waals surface area contributed by atoms with Crippen molar-refractivity contribution in [3.05, 3.63) is 40.2 Å². The van der Waals surface area contributed by atoms with E-state index in [4.69, 9.17) is 4.42 Å². The second-order valence-corrected chi connectivity index (χ2v) is 6.22. The fourth-order valence-electron chi connectivity index (χ4n) is 3.55. The minimum absolute atomic E-state index is 0.184. The maximum Gasteiger partial charge on any atom is 0.342 e. The molecule has 23 heavy (non-hydrogen) atoms. The van der Waals surface area contributed by atoms with E-state index in [-0.39, 0.29) is 5.63 Å². The zero-order valence-electron chi connectivity index (χ0n) is 14.2. The highest BCUT2D eigenvalue weighted by molar-refractivity contribution is 5.91. The van der Waals surface area contributed by atoms with Crippen molar-refractivity contribution in [2.24, 2.45) is 0 Å². The second-order valence-electron chi connectivity index (χ2n) is 6.22. The lowest BCUT2D eigenvalue weighted by Gasteiger charge is -2.30. The SMILES string of the molecule is CCN(CC)c1c(CN2CCCCC2)c(=O)oc2ccccc12. The normalized spacial score (nSPS) is 15.9. The van der Waals surface area contributed by atoms with E-state index in [1.165, 1.54) is 19.3 Å². The molecule has 1 aliphatic rings. The van der Waals surface area contributed by atoms with Crippen LogP contribution in [0.25, 0.3) is 11.0 Å². The largest absolute Gasteiger partial charge is 0.422 e. The van der Waals surface area contributed by atoms with Crippen LogP contribution in [0.1, 0.15) is 38.7 Å². The van der Waals surface area contributed by atoms with Gasteiger partial charge in [-0.25, -0.2) is 4.79 Å². The van der Waals surface area contributed by atoms with Gasteiger partial charge in [0.15, 0.2) is 0 Å². The Balaban J connectivity index is 2.12. The third-order valence-corrected chi connectivity index (χ3v) is 4.79. The predicted octanol–water partition coefficient (Wildman–Crippen LogP) is 3.63. The van der Waals surface area contributed by atoms with E-state index in [0.29, 0.717) is 12.1 Å². The number of likely N-dealkylation sites (tertiary alicyclic amines) is 1. The molecular weight excluding hydrogens is 288 g/mol. The number of piperidine rings is 1. The van der Waals surface area contributed by atoms with Crippen LogP contribution in [0, 0.1) is 0 Å². The summed E-state index contributed by atoms with van der Waals surface area (Å²) in [6.07, 6.45) is 3.74. The second kappa shape index (κ2) is 7.18. The molecule has 0 N–H and O–H groups in total. The molecule has 1 aromatic heterocycles. The van der Waals surface area contributed by atoms with Crippen molar-refractivity contribution in [3.8, 4) is 0 Å². The van der Waals surface area contributed by atoms with Crippen LogP contribution in [0.15, 0.2) is 33.5 Å². The topological polar surface area (TPSA) is 36.7 Å². The fourth-order valence-corrected chi connectivity index (χ4v) is 3.55. The first kappa shape index (κ1) is 16.1. The van der Waals surface area contributed by atoms with Gasteiger partial charge in [-0.15, -0.1) is 0 Å². The standard InChI is InChI=1S/C19H26N2O2/c1-3-21(4-2)18-15-10-6-7-11-17(15)23-19(22)16(18)14-20-12-8-5-9-13-20/h6-7,10-11H,3-5,8-9,12-14H2,1-2H3. The summed E-state index contributed by atoms with van der Waals surface area (Å²) in [6, 6.07) is 7.88. The summed E-state index contributed by atoms with van der Waals surface area (Å²) in [6.45, 7) is 8.88. The van der Waals surface area contributed by atoms with Crippen LogP contribution in [0.4, 0.5) is 5.69 Å². The van der Waals surface area contributed by atoms with E-state index < -0.39 is 0 Å². The molecule has 124 valence electrons. The van der Waals surface area contributed by atoms with Gasteiger partial charge in [0.1, 0.15) is 5.58 Å². The van der Waals surface area contributed by atoms with Crippen LogP contribution in [-0.2, 0) is 6.54 Å². The first-order valence-electron chi connectivity index (χ1n) is 8.76. The van der Waals surface area contributed by atoms with Gasteiger partial charge in [0.05, 0.1) is 11.3 Å². The third-order valence-electron chi connectivity index (χ3n) is 4.79. The third kappa shape index (κ3) is 3.27. The number of nitrogens with zero attached hydrogens (tertiary/aromatic N) is 2. The molecule has 1 aliphatic heterocycles. The van der Waals surface area contributed by atoms with E-state index in [9.17, 15) is 4.79 Å². The van der Waals surface area contributed by atoms with Gasteiger partial charge < -0.3 is 9.32 Å². The molecule has 1 saturated heterocycles. The molecule has 0 bridgehead atoms. The predicted molar refractivity (Wildman–Crippen MR) is 95.2 cm³/mol. The molecule has 0 atom stereocenters. The van der Waals surface area contributed by atoms with Gasteiger partial charge in [0.25, 0.3) is 0 Å². The summed E-state index contributed by atoms with van der Waals surface area (Å²) in [5, 5.41) is 1.04. The Morgan fingerprint density at radius 1 is 1.09 bits per heavy atom. The quantitative estimate of drug-likeness (QED) is 0.790. The van der Waals surface area contributed by atoms with Gasteiger partial charge in [-0.3, -0.25) is 4.90 Å². The van der Waals surface area contributed by atoms with Crippen molar-refractivity contribution in [2.75, 3.05) is 31.1 Å². The fraction of sp³-hybridized carbons (Fsp3) is 0.526. The highest BCUT2D eigenvalue weighted by Crippen LogP contribution is 2.30. The average molecular weight is 314 g/mol. The molecule has 3 rings (SSSR count). The number of anilines is 1. The van der Waals surface area contributed by atoms with Crippen molar-refractivity contribution in [3.63, 3.8) is 0 Å². The zero-order chi connectivity index (χ0) is 16.2. The van der Waals surface area contributed by atoms with E-state index in [2.05, 4.69) is 29.7 Å². The summed E-state index contributed by atoms with van der Waals surface area (Å²) in [5.74, 6) is 0. The Labute approximate surface area is 137 Å². The summed E-state index contributed by atoms with van der Waals surface area (Å²) < 4.78 is 5.61. The highest BCUT2D eigenvalue weighted by atomic mass is 16.4. The Morgan fingerprint density at radius 2 is 1.78 bits per heavy atom. The monoisotopic (exact) mass is 314 g/mol. The zero-order valence-corrected chi connectivity index (χ0v) is 14.2. The number of hydrogen-bond acceptors (Lipinski definition) is 4. The van der Waals surface area contributed by atoms with Crippen molar-refractivity contribution in [1.82, 2.24) is 4.90 Å². The molecule has 0 aliphatic carbocycles. The molecule has 0 unspecified atom stereocenters. The molecule has 2 aromatic rings. The van der Waals surface area contributed by atoms with Crippen molar-refractivity contribution in [2.45, 2.75) is 39.7 Å². The minimum Gasteiger partial charge on any atom is -0.422 e. The van der Waals surface area contributed by atoms with Crippen molar-refractivity contribution >= 4 is 16.7 Å². The van der Waals surface area contributed by atoms with E-state index >= 15 is 0 Å². The molecule has 4 heteroatoms. The lowest BCUT2D eigenvalue weighted by Crippen LogP contribution is -2.33. The summed E-state index contributed by atoms with van der Waals surface area (Å²) in [4.78, 5) is 17.3. The van der Waals surface area contributed by atoms with E-state index in [0.717, 1.165) is 42.8 Å². The van der Waals surface area contributed by atoms with Gasteiger partial charge in [0, 0.05) is 25.0 Å². The molecule has 0 spiro atoms. The molecule has 0 amide bonds. The molecule has 1 aromatic carbocycles. The minimum atomic E-state index is -0.184. The Hall–Kier alpha value is -1.81. The number of benzene rings is 1. The molecule has 1 fully saturated rings. The molecule has 0 saturated carbocycles. The van der Waals surface area contributed by atoms with Crippen LogP contribution >= 0.6 is 0 Å². The van der Waals surface area contributed by atoms with Crippen LogP contribution < -0.4 is 10.5 Å². The smallest absolute Gasteiger partial charge is 0.342 e. The number of rotatable bonds is 5. The number of fused-ring (bicyclic) bond motifs is 1. The van der Waals surface area contributed by atoms with Gasteiger partial charge in [-0.1, -0.05) is 18.6 Å². The van der Waals surface area contributed by atoms with Gasteiger partial charge in [-0.05, 0) is 51.9 Å². The number of para-hydroxylation sites is 1. The van der Waals surface area contributed by atoms with Crippen LogP contribution in [-0.4, -0.2) is 31.1 Å². The van der Waals surface area contributed by atoms with Gasteiger partial charge >= 0.3 is 5.63 Å². The first-order chi connectivity index (χ1) is 11.2. The molecule has 4 nitrogen and oxygen atoms in total. The Kier molecular flexibility index (Phi) is 5.01. The first-order valence-corrected chi connectivity index (χ1v) is 8.76. The maximum absolute atomic E-state index is 12.6. The average Bonchev–Trinajstić information content (AvgIpc) is 2.59. The van der Waals surface area contributed by atoms with E-state index in [1.807, 2.05) is 18.2 Å². The van der Waals surface area contributed by atoms with Crippen molar-refractivity contribution < 1.29 is 4.42 Å². The Morgan fingerprint density at radius 3 is 2.48 bits per heavy atom. The lowest BCUT2D eigenvalue weighted by atomic mass is 10.1. The Bertz CT molecular complexity index is 713. The summed E-state index contributed by atoms with van der Waals surface area (Å²) in [7, 11) is 0. The summed E-state index contributed by atoms with van der Waals surface area (Å²) in [5.41, 5.74) is 2.37. The van der Waals surface area contributed by atoms with Crippen LogP contribution in [0.2, 0.25) is 0 Å². The maximum atomic E-state index is 12.6. The van der Waals surface area contributed by atoms with Gasteiger partial charge in [0.2, 0.25) is 0 Å². The molecule has 0 radical (unpaired) electrons. The van der Waals surface area contributed by atoms with Crippen LogP contribution in [0.5, 0.6) is 0 Å². The van der Waals surface area contributed by atoms with E-state index in [1.54, 1.807) is 0 Å². The highest BCUT2D eigenvalue weighted by Gasteiger charge is 2.21. The lowest BCUT2D eigenvalue weighted by molar-refractivity contribution is 0.218. The van der Waals surface area contributed by atoms with Crippen molar-refractivity contribution in [1.29, 1.82) is 0 Å². The van der Waals surface area contributed by atoms with Gasteiger partial charge in [-0.2, -0.15) is 0 Å². The molecular formula is C19H26N2O2. The molecule has 2 heterocycles.